The van der Waals surface area contributed by atoms with E-state index in [1.165, 1.54) is 6.33 Å². The second-order valence-corrected chi connectivity index (χ2v) is 2.83. The second kappa shape index (κ2) is 2.75. The van der Waals surface area contributed by atoms with Crippen LogP contribution in [0.25, 0.3) is 10.7 Å². The van der Waals surface area contributed by atoms with Gasteiger partial charge in [-0.2, -0.15) is 0 Å². The minimum atomic E-state index is 0.884. The Balaban J connectivity index is 2.46. The molecule has 11 heavy (non-hydrogen) atoms. The number of rotatable bonds is 1. The molecule has 0 N–H and O–H groups in total. The van der Waals surface area contributed by atoms with Gasteiger partial charge in [-0.15, -0.1) is 11.3 Å². The van der Waals surface area contributed by atoms with Crippen molar-refractivity contribution in [3.63, 3.8) is 0 Å². The van der Waals surface area contributed by atoms with Crippen molar-refractivity contribution in [3.05, 3.63) is 30.2 Å². The fourth-order valence-corrected chi connectivity index (χ4v) is 1.38. The first-order valence-corrected chi connectivity index (χ1v) is 4.00. The second-order valence-electron chi connectivity index (χ2n) is 1.93. The Hall–Kier alpha value is -1.29. The quantitative estimate of drug-likeness (QED) is 0.641. The Morgan fingerprint density at radius 3 is 2.82 bits per heavy atom. The van der Waals surface area contributed by atoms with Crippen LogP contribution in [0.2, 0.25) is 0 Å². The summed E-state index contributed by atoms with van der Waals surface area (Å²) in [5.41, 5.74) is 0.884. The first kappa shape index (κ1) is 6.42. The molecule has 0 saturated carbocycles. The van der Waals surface area contributed by atoms with Crippen molar-refractivity contribution in [2.45, 2.75) is 0 Å². The molecule has 2 aromatic heterocycles. The molecule has 0 saturated heterocycles. The van der Waals surface area contributed by atoms with Gasteiger partial charge < -0.3 is 0 Å². The van der Waals surface area contributed by atoms with Crippen LogP contribution in [0.5, 0.6) is 0 Å². The molecular formula is C7H5N3S. The lowest BCUT2D eigenvalue weighted by Gasteiger charge is -1.90. The van der Waals surface area contributed by atoms with Crippen LogP contribution in [-0.2, 0) is 0 Å². The van der Waals surface area contributed by atoms with Gasteiger partial charge in [0.05, 0.1) is 0 Å². The molecule has 2 rings (SSSR count). The Morgan fingerprint density at radius 2 is 2.18 bits per heavy atom. The topological polar surface area (TPSA) is 38.7 Å². The number of hydrogen-bond acceptors (Lipinski definition) is 4. The molecule has 0 radical (unpaired) electrons. The molecule has 0 fully saturated rings. The summed E-state index contributed by atoms with van der Waals surface area (Å²) in [4.78, 5) is 12.0. The third-order valence-electron chi connectivity index (χ3n) is 1.23. The van der Waals surface area contributed by atoms with Gasteiger partial charge in [0, 0.05) is 17.8 Å². The van der Waals surface area contributed by atoms with Gasteiger partial charge >= 0.3 is 0 Å². The van der Waals surface area contributed by atoms with E-state index >= 15 is 0 Å². The van der Waals surface area contributed by atoms with Crippen molar-refractivity contribution in [1.82, 2.24) is 15.0 Å². The van der Waals surface area contributed by atoms with Crippen LogP contribution in [0.15, 0.2) is 30.2 Å². The normalized spacial score (nSPS) is 9.82. The molecule has 0 spiro atoms. The molecule has 0 unspecified atom stereocenters. The summed E-state index contributed by atoms with van der Waals surface area (Å²) in [5, 5.41) is 2.87. The molecule has 54 valence electrons. The molecule has 2 heterocycles. The highest BCUT2D eigenvalue weighted by molar-refractivity contribution is 7.13. The van der Waals surface area contributed by atoms with Crippen molar-refractivity contribution in [2.24, 2.45) is 0 Å². The van der Waals surface area contributed by atoms with Gasteiger partial charge in [0.15, 0.2) is 0 Å². The summed E-state index contributed by atoms with van der Waals surface area (Å²) >= 11 is 1.57. The molecule has 0 bridgehead atoms. The summed E-state index contributed by atoms with van der Waals surface area (Å²) in [6, 6.07) is 1.85. The zero-order valence-electron chi connectivity index (χ0n) is 5.64. The highest BCUT2D eigenvalue weighted by Gasteiger charge is 1.98. The molecule has 0 aliphatic heterocycles. The van der Waals surface area contributed by atoms with Crippen LogP contribution in [-0.4, -0.2) is 15.0 Å². The maximum Gasteiger partial charge on any atom is 0.141 e. The Bertz CT molecular complexity index is 317. The van der Waals surface area contributed by atoms with Crippen molar-refractivity contribution in [3.8, 4) is 10.7 Å². The smallest absolute Gasteiger partial charge is 0.141 e. The summed E-state index contributed by atoms with van der Waals surface area (Å²) in [7, 11) is 0. The minimum absolute atomic E-state index is 0.884. The highest BCUT2D eigenvalue weighted by atomic mass is 32.1. The van der Waals surface area contributed by atoms with Crippen molar-refractivity contribution < 1.29 is 0 Å². The molecule has 2 aromatic rings. The molecular weight excluding hydrogens is 158 g/mol. The van der Waals surface area contributed by atoms with Gasteiger partial charge in [0.25, 0.3) is 0 Å². The lowest BCUT2D eigenvalue weighted by molar-refractivity contribution is 1.16. The van der Waals surface area contributed by atoms with E-state index in [0.29, 0.717) is 0 Å². The van der Waals surface area contributed by atoms with Crippen LogP contribution in [0, 0.1) is 0 Å². The third kappa shape index (κ3) is 1.25. The van der Waals surface area contributed by atoms with Gasteiger partial charge in [0.2, 0.25) is 0 Å². The van der Waals surface area contributed by atoms with Crippen molar-refractivity contribution >= 4 is 11.3 Å². The van der Waals surface area contributed by atoms with E-state index in [9.17, 15) is 0 Å². The van der Waals surface area contributed by atoms with E-state index in [4.69, 9.17) is 0 Å². The molecule has 4 heteroatoms. The van der Waals surface area contributed by atoms with Gasteiger partial charge in [0.1, 0.15) is 17.0 Å². The standard InChI is InChI=1S/C7H5N3S/c1-2-8-5-10-6(1)7-9-3-4-11-7/h1-5H. The van der Waals surface area contributed by atoms with Crippen molar-refractivity contribution in [1.29, 1.82) is 0 Å². The molecule has 0 amide bonds. The lowest BCUT2D eigenvalue weighted by atomic mass is 10.4. The van der Waals surface area contributed by atoms with Gasteiger partial charge in [-0.1, -0.05) is 0 Å². The number of aromatic nitrogens is 3. The van der Waals surface area contributed by atoms with Crippen LogP contribution < -0.4 is 0 Å². The Labute approximate surface area is 67.8 Å². The molecule has 0 atom stereocenters. The van der Waals surface area contributed by atoms with E-state index in [2.05, 4.69) is 15.0 Å². The first-order chi connectivity index (χ1) is 5.47. The average molecular weight is 163 g/mol. The fraction of sp³-hybridized carbons (Fsp3) is 0. The Kier molecular flexibility index (Phi) is 1.61. The summed E-state index contributed by atoms with van der Waals surface area (Å²) < 4.78 is 0. The van der Waals surface area contributed by atoms with E-state index in [-0.39, 0.29) is 0 Å². The van der Waals surface area contributed by atoms with E-state index in [1.807, 2.05) is 11.4 Å². The third-order valence-corrected chi connectivity index (χ3v) is 2.03. The number of hydrogen-bond donors (Lipinski definition) is 0. The average Bonchev–Trinajstić information content (AvgIpc) is 2.58. The SMILES string of the molecule is c1cc(-c2nccs2)ncn1. The van der Waals surface area contributed by atoms with Crippen LogP contribution in [0.4, 0.5) is 0 Å². The van der Waals surface area contributed by atoms with Gasteiger partial charge in [-0.25, -0.2) is 15.0 Å². The van der Waals surface area contributed by atoms with Crippen LogP contribution in [0.3, 0.4) is 0 Å². The minimum Gasteiger partial charge on any atom is -0.245 e. The number of thiazole rings is 1. The monoisotopic (exact) mass is 163 g/mol. The largest absolute Gasteiger partial charge is 0.245 e. The predicted molar refractivity (Wildman–Crippen MR) is 43.1 cm³/mol. The van der Waals surface area contributed by atoms with E-state index in [0.717, 1.165) is 10.7 Å². The molecule has 3 nitrogen and oxygen atoms in total. The van der Waals surface area contributed by atoms with Crippen molar-refractivity contribution in [2.75, 3.05) is 0 Å². The predicted octanol–water partition coefficient (Wildman–Crippen LogP) is 1.60. The zero-order valence-corrected chi connectivity index (χ0v) is 6.45. The lowest BCUT2D eigenvalue weighted by Crippen LogP contribution is -1.81. The maximum atomic E-state index is 4.11. The van der Waals surface area contributed by atoms with E-state index in [1.54, 1.807) is 23.7 Å². The van der Waals surface area contributed by atoms with Crippen LogP contribution in [0.1, 0.15) is 0 Å². The fourth-order valence-electron chi connectivity index (χ4n) is 0.767. The summed E-state index contributed by atoms with van der Waals surface area (Å²) in [5.74, 6) is 0. The van der Waals surface area contributed by atoms with Gasteiger partial charge in [-0.05, 0) is 6.07 Å². The van der Waals surface area contributed by atoms with Gasteiger partial charge in [-0.3, -0.25) is 0 Å². The number of nitrogens with zero attached hydrogens (tertiary/aromatic N) is 3. The van der Waals surface area contributed by atoms with Crippen LogP contribution >= 0.6 is 11.3 Å². The molecule has 0 aliphatic carbocycles. The van der Waals surface area contributed by atoms with E-state index < -0.39 is 0 Å². The summed E-state index contributed by atoms with van der Waals surface area (Å²) in [6.07, 6.45) is 5.00. The summed E-state index contributed by atoms with van der Waals surface area (Å²) in [6.45, 7) is 0. The molecule has 0 aliphatic rings. The molecule has 0 aromatic carbocycles. The highest BCUT2D eigenvalue weighted by Crippen LogP contribution is 2.17. The first-order valence-electron chi connectivity index (χ1n) is 3.13. The maximum absolute atomic E-state index is 4.11. The Morgan fingerprint density at radius 1 is 1.18 bits per heavy atom. The zero-order chi connectivity index (χ0) is 7.52.